The minimum absolute atomic E-state index is 0.0142. The third kappa shape index (κ3) is 4.99. The van der Waals surface area contributed by atoms with E-state index in [4.69, 9.17) is 9.47 Å². The number of nitrogens with one attached hydrogen (secondary N) is 1. The van der Waals surface area contributed by atoms with Gasteiger partial charge in [-0.3, -0.25) is 4.79 Å². The highest BCUT2D eigenvalue weighted by molar-refractivity contribution is 6.09. The number of para-hydroxylation sites is 1. The molecular weight excluding hydrogens is 352 g/mol. The highest BCUT2D eigenvalue weighted by atomic mass is 16.5. The number of ether oxygens (including phenoxy) is 2. The normalized spacial score (nSPS) is 10.6. The highest BCUT2D eigenvalue weighted by Gasteiger charge is 2.10. The fraction of sp³-hybridized carbons (Fsp3) is 0.0435. The number of amides is 1. The topological polar surface area (TPSA) is 71.3 Å². The third-order valence-electron chi connectivity index (χ3n) is 3.84. The Morgan fingerprint density at radius 3 is 2.39 bits per heavy atom. The molecule has 5 nitrogen and oxygen atoms in total. The van der Waals surface area contributed by atoms with Crippen molar-refractivity contribution in [3.8, 4) is 23.3 Å². The number of nitriles is 1. The predicted molar refractivity (Wildman–Crippen MR) is 108 cm³/mol. The summed E-state index contributed by atoms with van der Waals surface area (Å²) in [5, 5.41) is 12.1. The Balaban J connectivity index is 1.77. The summed E-state index contributed by atoms with van der Waals surface area (Å²) in [5.74, 6) is 1.45. The number of anilines is 1. The molecule has 5 heteroatoms. The Morgan fingerprint density at radius 1 is 0.929 bits per heavy atom. The number of rotatable bonds is 6. The van der Waals surface area contributed by atoms with Crippen LogP contribution >= 0.6 is 0 Å². The van der Waals surface area contributed by atoms with Crippen molar-refractivity contribution in [3.05, 3.63) is 90.0 Å². The van der Waals surface area contributed by atoms with Crippen molar-refractivity contribution >= 4 is 17.7 Å². The largest absolute Gasteiger partial charge is 0.497 e. The Morgan fingerprint density at radius 2 is 1.64 bits per heavy atom. The summed E-state index contributed by atoms with van der Waals surface area (Å²) in [6.45, 7) is 0. The van der Waals surface area contributed by atoms with Crippen LogP contribution in [0.3, 0.4) is 0 Å². The monoisotopic (exact) mass is 370 g/mol. The molecule has 0 aliphatic carbocycles. The molecule has 3 aromatic rings. The van der Waals surface area contributed by atoms with Gasteiger partial charge in [0.05, 0.1) is 7.11 Å². The molecule has 0 aliphatic heterocycles. The number of carbonyl (C=O) groups excluding carboxylic acids is 1. The van der Waals surface area contributed by atoms with Crippen molar-refractivity contribution in [3.63, 3.8) is 0 Å². The van der Waals surface area contributed by atoms with Crippen LogP contribution in [-0.4, -0.2) is 13.0 Å². The van der Waals surface area contributed by atoms with Gasteiger partial charge in [0.2, 0.25) is 0 Å². The second-order valence-electron chi connectivity index (χ2n) is 5.84. The zero-order chi connectivity index (χ0) is 19.8. The van der Waals surface area contributed by atoms with E-state index in [-0.39, 0.29) is 5.57 Å². The van der Waals surface area contributed by atoms with E-state index < -0.39 is 5.91 Å². The van der Waals surface area contributed by atoms with Crippen LogP contribution in [0.5, 0.6) is 17.2 Å². The summed E-state index contributed by atoms with van der Waals surface area (Å²) < 4.78 is 10.9. The van der Waals surface area contributed by atoms with E-state index in [1.54, 1.807) is 49.6 Å². The molecule has 3 rings (SSSR count). The molecule has 28 heavy (non-hydrogen) atoms. The van der Waals surface area contributed by atoms with Crippen LogP contribution in [0.4, 0.5) is 5.69 Å². The Labute approximate surface area is 163 Å². The zero-order valence-corrected chi connectivity index (χ0v) is 15.3. The second kappa shape index (κ2) is 9.06. The number of carbonyl (C=O) groups is 1. The lowest BCUT2D eigenvalue weighted by Gasteiger charge is -2.07. The molecule has 0 radical (unpaired) electrons. The lowest BCUT2D eigenvalue weighted by atomic mass is 10.1. The summed E-state index contributed by atoms with van der Waals surface area (Å²) in [7, 11) is 1.55. The van der Waals surface area contributed by atoms with Crippen molar-refractivity contribution < 1.29 is 14.3 Å². The fourth-order valence-corrected chi connectivity index (χ4v) is 2.51. The lowest BCUT2D eigenvalue weighted by Crippen LogP contribution is -2.13. The Hall–Kier alpha value is -4.04. The van der Waals surface area contributed by atoms with E-state index in [1.807, 2.05) is 42.5 Å². The van der Waals surface area contributed by atoms with E-state index in [2.05, 4.69) is 5.32 Å². The van der Waals surface area contributed by atoms with Crippen molar-refractivity contribution in [2.24, 2.45) is 0 Å². The summed E-state index contributed by atoms with van der Waals surface area (Å²) in [6, 6.07) is 25.5. The van der Waals surface area contributed by atoms with Crippen molar-refractivity contribution in [2.45, 2.75) is 0 Å². The zero-order valence-electron chi connectivity index (χ0n) is 15.3. The molecule has 1 N–H and O–H groups in total. The summed E-state index contributed by atoms with van der Waals surface area (Å²) in [5.41, 5.74) is 1.22. The molecule has 138 valence electrons. The van der Waals surface area contributed by atoms with E-state index in [0.29, 0.717) is 28.5 Å². The number of methoxy groups -OCH3 is 1. The van der Waals surface area contributed by atoms with Gasteiger partial charge in [0.15, 0.2) is 0 Å². The molecule has 0 aliphatic rings. The Kier molecular flexibility index (Phi) is 6.06. The molecule has 0 saturated heterocycles. The van der Waals surface area contributed by atoms with Gasteiger partial charge in [0.1, 0.15) is 28.9 Å². The van der Waals surface area contributed by atoms with Gasteiger partial charge in [-0.2, -0.15) is 5.26 Å². The summed E-state index contributed by atoms with van der Waals surface area (Å²) in [4.78, 5) is 12.4. The second-order valence-corrected chi connectivity index (χ2v) is 5.84. The maximum absolute atomic E-state index is 12.4. The highest BCUT2D eigenvalue weighted by Crippen LogP contribution is 2.23. The van der Waals surface area contributed by atoms with Gasteiger partial charge in [-0.15, -0.1) is 0 Å². The van der Waals surface area contributed by atoms with Gasteiger partial charge in [0, 0.05) is 11.8 Å². The number of benzene rings is 3. The maximum atomic E-state index is 12.4. The van der Waals surface area contributed by atoms with Crippen LogP contribution in [0.2, 0.25) is 0 Å². The summed E-state index contributed by atoms with van der Waals surface area (Å²) in [6.07, 6.45) is 1.52. The molecule has 0 bridgehead atoms. The van der Waals surface area contributed by atoms with E-state index in [1.165, 1.54) is 6.08 Å². The van der Waals surface area contributed by atoms with Crippen LogP contribution in [0.1, 0.15) is 5.56 Å². The molecule has 3 aromatic carbocycles. The molecule has 0 fully saturated rings. The smallest absolute Gasteiger partial charge is 0.266 e. The number of hydrogen-bond acceptors (Lipinski definition) is 4. The van der Waals surface area contributed by atoms with Crippen molar-refractivity contribution in [2.75, 3.05) is 12.4 Å². The van der Waals surface area contributed by atoms with E-state index in [0.717, 1.165) is 0 Å². The quantitative estimate of drug-likeness (QED) is 0.488. The average molecular weight is 370 g/mol. The Bertz CT molecular complexity index is 1040. The van der Waals surface area contributed by atoms with Gasteiger partial charge >= 0.3 is 0 Å². The molecule has 0 spiro atoms. The minimum atomic E-state index is -0.495. The first-order valence-electron chi connectivity index (χ1n) is 8.58. The van der Waals surface area contributed by atoms with E-state index in [9.17, 15) is 10.1 Å². The van der Waals surface area contributed by atoms with Crippen LogP contribution in [0, 0.1) is 11.3 Å². The molecule has 1 amide bonds. The van der Waals surface area contributed by atoms with Gasteiger partial charge in [0.25, 0.3) is 5.91 Å². The summed E-state index contributed by atoms with van der Waals surface area (Å²) >= 11 is 0. The lowest BCUT2D eigenvalue weighted by molar-refractivity contribution is -0.112. The first-order valence-corrected chi connectivity index (χ1v) is 8.58. The molecule has 0 atom stereocenters. The first kappa shape index (κ1) is 18.7. The van der Waals surface area contributed by atoms with Gasteiger partial charge in [-0.1, -0.05) is 36.4 Å². The SMILES string of the molecule is COc1cccc(NC(=O)/C(C#N)=C/c2cccc(Oc3ccccc3)c2)c1. The minimum Gasteiger partial charge on any atom is -0.497 e. The fourth-order valence-electron chi connectivity index (χ4n) is 2.51. The molecule has 0 saturated carbocycles. The number of hydrogen-bond donors (Lipinski definition) is 1. The van der Waals surface area contributed by atoms with Crippen molar-refractivity contribution in [1.29, 1.82) is 5.26 Å². The molecular formula is C23H18N2O3. The van der Waals surface area contributed by atoms with Gasteiger partial charge < -0.3 is 14.8 Å². The van der Waals surface area contributed by atoms with Gasteiger partial charge in [-0.05, 0) is 48.0 Å². The molecule has 0 unspecified atom stereocenters. The molecule has 0 aromatic heterocycles. The van der Waals surface area contributed by atoms with Crippen LogP contribution in [0.25, 0.3) is 6.08 Å². The van der Waals surface area contributed by atoms with Crippen LogP contribution in [-0.2, 0) is 4.79 Å². The third-order valence-corrected chi connectivity index (χ3v) is 3.84. The van der Waals surface area contributed by atoms with Crippen LogP contribution in [0.15, 0.2) is 84.4 Å². The molecule has 0 heterocycles. The standard InChI is InChI=1S/C23H18N2O3/c1-27-21-11-6-8-19(15-21)25-23(26)18(16-24)13-17-7-5-12-22(14-17)28-20-9-3-2-4-10-20/h2-15H,1H3,(H,25,26)/b18-13+. The maximum Gasteiger partial charge on any atom is 0.266 e. The van der Waals surface area contributed by atoms with Gasteiger partial charge in [-0.25, -0.2) is 0 Å². The van der Waals surface area contributed by atoms with Crippen LogP contribution < -0.4 is 14.8 Å². The average Bonchev–Trinajstić information content (AvgIpc) is 2.73. The van der Waals surface area contributed by atoms with Crippen molar-refractivity contribution in [1.82, 2.24) is 0 Å². The predicted octanol–water partition coefficient (Wildman–Crippen LogP) is 5.03. The first-order chi connectivity index (χ1) is 13.7. The van der Waals surface area contributed by atoms with E-state index >= 15 is 0 Å². The number of nitrogens with zero attached hydrogens (tertiary/aromatic N) is 1.